The molecule has 122 valence electrons. The monoisotopic (exact) mass is 316 g/mol. The van der Waals surface area contributed by atoms with Crippen LogP contribution in [0.25, 0.3) is 0 Å². The third-order valence-corrected chi connectivity index (χ3v) is 4.27. The lowest BCUT2D eigenvalue weighted by atomic mass is 9.93. The lowest BCUT2D eigenvalue weighted by Gasteiger charge is -2.24. The quantitative estimate of drug-likeness (QED) is 0.910. The Morgan fingerprint density at radius 2 is 2.35 bits per heavy atom. The lowest BCUT2D eigenvalue weighted by Crippen LogP contribution is -2.39. The largest absolute Gasteiger partial charge is 0.338 e. The molecule has 2 aromatic rings. The molecule has 1 aliphatic carbocycles. The number of halogens is 1. The minimum atomic E-state index is -0.252. The maximum absolute atomic E-state index is 13.1. The Morgan fingerprint density at radius 3 is 3.17 bits per heavy atom. The van der Waals surface area contributed by atoms with Crippen molar-refractivity contribution in [2.45, 2.75) is 31.7 Å². The number of carbonyl (C=O) groups is 1. The Bertz CT molecular complexity index is 698. The number of urea groups is 1. The van der Waals surface area contributed by atoms with Gasteiger partial charge >= 0.3 is 6.03 Å². The van der Waals surface area contributed by atoms with Gasteiger partial charge in [-0.2, -0.15) is 5.10 Å². The average molecular weight is 316 g/mol. The van der Waals surface area contributed by atoms with Gasteiger partial charge in [0.05, 0.1) is 12.2 Å². The highest BCUT2D eigenvalue weighted by Gasteiger charge is 2.24. The number of nitrogens with one attached hydrogen (secondary N) is 2. The number of aromatic nitrogens is 2. The van der Waals surface area contributed by atoms with Gasteiger partial charge in [0, 0.05) is 24.8 Å². The van der Waals surface area contributed by atoms with Gasteiger partial charge in [-0.3, -0.25) is 4.68 Å². The van der Waals surface area contributed by atoms with Gasteiger partial charge in [-0.15, -0.1) is 0 Å². The summed E-state index contributed by atoms with van der Waals surface area (Å²) in [6.07, 6.45) is 5.42. The number of rotatable bonds is 4. The van der Waals surface area contributed by atoms with E-state index >= 15 is 0 Å². The van der Waals surface area contributed by atoms with Crippen LogP contribution in [0, 0.1) is 5.82 Å². The molecule has 0 spiro atoms. The molecule has 2 amide bonds. The minimum absolute atomic E-state index is 0.0154. The highest BCUT2D eigenvalue weighted by molar-refractivity contribution is 5.74. The van der Waals surface area contributed by atoms with E-state index in [0.29, 0.717) is 13.0 Å². The summed E-state index contributed by atoms with van der Waals surface area (Å²) >= 11 is 0. The van der Waals surface area contributed by atoms with Crippen molar-refractivity contribution in [2.24, 2.45) is 7.05 Å². The summed E-state index contributed by atoms with van der Waals surface area (Å²) in [5.74, 6) is -0.252. The van der Waals surface area contributed by atoms with Crippen LogP contribution in [0.5, 0.6) is 0 Å². The fourth-order valence-electron chi connectivity index (χ4n) is 3.08. The first-order valence-electron chi connectivity index (χ1n) is 7.93. The standard InChI is InChI=1S/C17H21FN4O/c1-22-16-7-3-6-15(14(16)11-20-22)21-17(23)19-9-8-12-4-2-5-13(18)10-12/h2,4-5,10-11,15H,3,6-9H2,1H3,(H2,19,21,23)/t15-/m1/s1. The zero-order chi connectivity index (χ0) is 16.2. The summed E-state index contributed by atoms with van der Waals surface area (Å²) in [5, 5.41) is 10.1. The summed E-state index contributed by atoms with van der Waals surface area (Å²) in [6.45, 7) is 0.474. The summed E-state index contributed by atoms with van der Waals surface area (Å²) in [6, 6.07) is 6.26. The molecule has 6 heteroatoms. The van der Waals surface area contributed by atoms with E-state index in [-0.39, 0.29) is 17.9 Å². The van der Waals surface area contributed by atoms with Gasteiger partial charge in [0.1, 0.15) is 5.82 Å². The van der Waals surface area contributed by atoms with E-state index in [0.717, 1.165) is 30.4 Å². The summed E-state index contributed by atoms with van der Waals surface area (Å²) < 4.78 is 15.0. The molecular formula is C17H21FN4O. The predicted octanol–water partition coefficient (Wildman–Crippen LogP) is 2.48. The van der Waals surface area contributed by atoms with E-state index in [9.17, 15) is 9.18 Å². The number of aryl methyl sites for hydroxylation is 1. The molecular weight excluding hydrogens is 295 g/mol. The molecule has 0 fully saturated rings. The van der Waals surface area contributed by atoms with Gasteiger partial charge in [0.15, 0.2) is 0 Å². The molecule has 5 nitrogen and oxygen atoms in total. The normalized spacial score (nSPS) is 16.7. The van der Waals surface area contributed by atoms with Crippen LogP contribution in [0.4, 0.5) is 9.18 Å². The zero-order valence-electron chi connectivity index (χ0n) is 13.2. The first-order chi connectivity index (χ1) is 11.1. The molecule has 1 heterocycles. The van der Waals surface area contributed by atoms with E-state index in [1.807, 2.05) is 24.0 Å². The van der Waals surface area contributed by atoms with Crippen molar-refractivity contribution in [1.29, 1.82) is 0 Å². The van der Waals surface area contributed by atoms with Crippen molar-refractivity contribution >= 4 is 6.03 Å². The maximum atomic E-state index is 13.1. The molecule has 23 heavy (non-hydrogen) atoms. The number of carbonyl (C=O) groups excluding carboxylic acids is 1. The van der Waals surface area contributed by atoms with Gasteiger partial charge in [0.2, 0.25) is 0 Å². The highest BCUT2D eigenvalue weighted by Crippen LogP contribution is 2.28. The first-order valence-corrected chi connectivity index (χ1v) is 7.93. The molecule has 0 aliphatic heterocycles. The van der Waals surface area contributed by atoms with Gasteiger partial charge in [0.25, 0.3) is 0 Å². The fourth-order valence-corrected chi connectivity index (χ4v) is 3.08. The second-order valence-corrected chi connectivity index (χ2v) is 5.90. The fraction of sp³-hybridized carbons (Fsp3) is 0.412. The van der Waals surface area contributed by atoms with Crippen molar-refractivity contribution in [1.82, 2.24) is 20.4 Å². The van der Waals surface area contributed by atoms with Crippen LogP contribution in [0.15, 0.2) is 30.5 Å². The van der Waals surface area contributed by atoms with E-state index in [1.165, 1.54) is 17.8 Å². The van der Waals surface area contributed by atoms with Crippen LogP contribution in [0.2, 0.25) is 0 Å². The van der Waals surface area contributed by atoms with Crippen LogP contribution >= 0.6 is 0 Å². The van der Waals surface area contributed by atoms with Gasteiger partial charge in [-0.05, 0) is 43.4 Å². The molecule has 1 aliphatic rings. The van der Waals surface area contributed by atoms with E-state index in [4.69, 9.17) is 0 Å². The third-order valence-electron chi connectivity index (χ3n) is 4.27. The number of benzene rings is 1. The van der Waals surface area contributed by atoms with Crippen LogP contribution in [0.3, 0.4) is 0 Å². The Labute approximate surface area is 134 Å². The van der Waals surface area contributed by atoms with Crippen molar-refractivity contribution in [3.8, 4) is 0 Å². The molecule has 1 atom stereocenters. The van der Waals surface area contributed by atoms with Gasteiger partial charge in [-0.1, -0.05) is 12.1 Å². The minimum Gasteiger partial charge on any atom is -0.338 e. The summed E-state index contributed by atoms with van der Waals surface area (Å²) in [5.41, 5.74) is 3.18. The van der Waals surface area contributed by atoms with Crippen molar-refractivity contribution < 1.29 is 9.18 Å². The van der Waals surface area contributed by atoms with Crippen LogP contribution in [0.1, 0.15) is 35.7 Å². The predicted molar refractivity (Wildman–Crippen MR) is 85.5 cm³/mol. The van der Waals surface area contributed by atoms with Crippen LogP contribution < -0.4 is 10.6 Å². The SMILES string of the molecule is Cn1ncc2c1CCC[C@H]2NC(=O)NCCc1cccc(F)c1. The lowest BCUT2D eigenvalue weighted by molar-refractivity contribution is 0.235. The van der Waals surface area contributed by atoms with Crippen LogP contribution in [-0.4, -0.2) is 22.4 Å². The molecule has 1 aromatic carbocycles. The average Bonchev–Trinajstić information content (AvgIpc) is 2.90. The molecule has 0 bridgehead atoms. The highest BCUT2D eigenvalue weighted by atomic mass is 19.1. The van der Waals surface area contributed by atoms with Gasteiger partial charge in [-0.25, -0.2) is 9.18 Å². The number of nitrogens with zero attached hydrogens (tertiary/aromatic N) is 2. The third kappa shape index (κ3) is 3.70. The molecule has 1 aromatic heterocycles. The molecule has 2 N–H and O–H groups in total. The van der Waals surface area contributed by atoms with E-state index in [1.54, 1.807) is 6.07 Å². The number of hydrogen-bond acceptors (Lipinski definition) is 2. The molecule has 3 rings (SSSR count). The summed E-state index contributed by atoms with van der Waals surface area (Å²) in [7, 11) is 1.93. The Morgan fingerprint density at radius 1 is 1.48 bits per heavy atom. The zero-order valence-corrected chi connectivity index (χ0v) is 13.2. The Hall–Kier alpha value is -2.37. The van der Waals surface area contributed by atoms with E-state index < -0.39 is 0 Å². The van der Waals surface area contributed by atoms with Crippen molar-refractivity contribution in [3.05, 3.63) is 53.1 Å². The Kier molecular flexibility index (Phi) is 4.60. The second kappa shape index (κ2) is 6.81. The summed E-state index contributed by atoms with van der Waals surface area (Å²) in [4.78, 5) is 12.1. The van der Waals surface area contributed by atoms with E-state index in [2.05, 4.69) is 15.7 Å². The molecule has 0 saturated heterocycles. The molecule has 0 radical (unpaired) electrons. The Balaban J connectivity index is 1.50. The van der Waals surface area contributed by atoms with Crippen molar-refractivity contribution in [3.63, 3.8) is 0 Å². The molecule has 0 unspecified atom stereocenters. The number of amides is 2. The topological polar surface area (TPSA) is 59.0 Å². The number of fused-ring (bicyclic) bond motifs is 1. The number of hydrogen-bond donors (Lipinski definition) is 2. The molecule has 0 saturated carbocycles. The maximum Gasteiger partial charge on any atom is 0.315 e. The second-order valence-electron chi connectivity index (χ2n) is 5.90. The first kappa shape index (κ1) is 15.5. The van der Waals surface area contributed by atoms with Crippen LogP contribution in [-0.2, 0) is 19.9 Å². The smallest absolute Gasteiger partial charge is 0.315 e. The van der Waals surface area contributed by atoms with Gasteiger partial charge < -0.3 is 10.6 Å². The van der Waals surface area contributed by atoms with Crippen molar-refractivity contribution in [2.75, 3.05) is 6.54 Å².